The number of nitrogens with one attached hydrogen (secondary N) is 1. The highest BCUT2D eigenvalue weighted by Gasteiger charge is 2.38. The minimum absolute atomic E-state index is 0.00556. The summed E-state index contributed by atoms with van der Waals surface area (Å²) < 4.78 is 27.5. The number of carbonyl (C=O) groups excluding carboxylic acids is 1. The lowest BCUT2D eigenvalue weighted by molar-refractivity contribution is 0.1000. The summed E-state index contributed by atoms with van der Waals surface area (Å²) in [7, 11) is -3.61. The second kappa shape index (κ2) is 5.22. The molecule has 1 amide bonds. The Hall–Kier alpha value is -0.920. The SMILES string of the molecule is CC[C@@H]1C[C@H]1NS(=O)(=O)c1cc(Br)cc(C(N)=O)c1. The topological polar surface area (TPSA) is 89.3 Å². The molecule has 1 fully saturated rings. The highest BCUT2D eigenvalue weighted by atomic mass is 79.9. The van der Waals surface area contributed by atoms with Crippen molar-refractivity contribution in [2.75, 3.05) is 0 Å². The summed E-state index contributed by atoms with van der Waals surface area (Å²) in [5, 5.41) is 0. The molecule has 0 aromatic heterocycles. The van der Waals surface area contributed by atoms with Gasteiger partial charge in [0.1, 0.15) is 0 Å². The second-order valence-corrected chi connectivity index (χ2v) is 7.30. The minimum Gasteiger partial charge on any atom is -0.366 e. The third kappa shape index (κ3) is 3.34. The van der Waals surface area contributed by atoms with Crippen LogP contribution < -0.4 is 10.5 Å². The lowest BCUT2D eigenvalue weighted by atomic mass is 10.2. The Balaban J connectivity index is 2.27. The molecule has 5 nitrogen and oxygen atoms in total. The van der Waals surface area contributed by atoms with E-state index in [1.165, 1.54) is 18.2 Å². The maximum absolute atomic E-state index is 12.2. The van der Waals surface area contributed by atoms with Gasteiger partial charge in [-0.25, -0.2) is 13.1 Å². The van der Waals surface area contributed by atoms with Crippen LogP contribution in [0.15, 0.2) is 27.6 Å². The van der Waals surface area contributed by atoms with Crippen LogP contribution >= 0.6 is 15.9 Å². The molecule has 19 heavy (non-hydrogen) atoms. The van der Waals surface area contributed by atoms with E-state index in [-0.39, 0.29) is 16.5 Å². The number of benzene rings is 1. The van der Waals surface area contributed by atoms with Gasteiger partial charge in [-0.3, -0.25) is 4.79 Å². The largest absolute Gasteiger partial charge is 0.366 e. The van der Waals surface area contributed by atoms with Gasteiger partial charge >= 0.3 is 0 Å². The molecule has 1 aliphatic carbocycles. The summed E-state index contributed by atoms with van der Waals surface area (Å²) in [5.41, 5.74) is 5.34. The molecular formula is C12H15BrN2O3S. The van der Waals surface area contributed by atoms with Crippen LogP contribution in [0.25, 0.3) is 0 Å². The summed E-state index contributed by atoms with van der Waals surface area (Å²) in [6, 6.07) is 4.25. The highest BCUT2D eigenvalue weighted by Crippen LogP contribution is 2.34. The van der Waals surface area contributed by atoms with Crippen molar-refractivity contribution in [2.45, 2.75) is 30.7 Å². The van der Waals surface area contributed by atoms with E-state index in [0.717, 1.165) is 12.8 Å². The highest BCUT2D eigenvalue weighted by molar-refractivity contribution is 9.10. The van der Waals surface area contributed by atoms with Crippen LogP contribution in [0.3, 0.4) is 0 Å². The molecule has 7 heteroatoms. The monoisotopic (exact) mass is 346 g/mol. The summed E-state index contributed by atoms with van der Waals surface area (Å²) in [6.07, 6.45) is 1.82. The molecule has 2 atom stereocenters. The fraction of sp³-hybridized carbons (Fsp3) is 0.417. The first-order valence-corrected chi connectivity index (χ1v) is 8.24. The van der Waals surface area contributed by atoms with Crippen molar-refractivity contribution in [3.8, 4) is 0 Å². The number of hydrogen-bond donors (Lipinski definition) is 2. The van der Waals surface area contributed by atoms with Gasteiger partial charge in [-0.2, -0.15) is 0 Å². The van der Waals surface area contributed by atoms with E-state index in [1.807, 2.05) is 6.92 Å². The van der Waals surface area contributed by atoms with Crippen LogP contribution in [0.4, 0.5) is 0 Å². The van der Waals surface area contributed by atoms with Crippen molar-refractivity contribution >= 4 is 31.9 Å². The number of primary amides is 1. The maximum atomic E-state index is 12.2. The van der Waals surface area contributed by atoms with E-state index in [2.05, 4.69) is 20.7 Å². The van der Waals surface area contributed by atoms with E-state index in [9.17, 15) is 13.2 Å². The first kappa shape index (κ1) is 14.5. The number of halogens is 1. The first-order chi connectivity index (χ1) is 8.83. The van der Waals surface area contributed by atoms with Crippen molar-refractivity contribution in [1.29, 1.82) is 0 Å². The van der Waals surface area contributed by atoms with Gasteiger partial charge < -0.3 is 5.73 Å². The average molecular weight is 347 g/mol. The third-order valence-electron chi connectivity index (χ3n) is 3.22. The summed E-state index contributed by atoms with van der Waals surface area (Å²) >= 11 is 3.18. The van der Waals surface area contributed by atoms with Crippen LogP contribution in [0.1, 0.15) is 30.1 Å². The Morgan fingerprint density at radius 2 is 2.16 bits per heavy atom. The molecule has 0 bridgehead atoms. The van der Waals surface area contributed by atoms with Crippen LogP contribution in [0, 0.1) is 5.92 Å². The third-order valence-corrected chi connectivity index (χ3v) is 5.15. The molecule has 2 rings (SSSR count). The molecule has 0 radical (unpaired) electrons. The van der Waals surface area contributed by atoms with Gasteiger partial charge in [0.25, 0.3) is 0 Å². The second-order valence-electron chi connectivity index (χ2n) is 4.67. The molecule has 0 spiro atoms. The molecule has 1 aromatic carbocycles. The minimum atomic E-state index is -3.61. The van der Waals surface area contributed by atoms with Crippen LogP contribution in [-0.2, 0) is 10.0 Å². The zero-order chi connectivity index (χ0) is 14.2. The number of hydrogen-bond acceptors (Lipinski definition) is 3. The van der Waals surface area contributed by atoms with Gasteiger partial charge in [-0.1, -0.05) is 29.3 Å². The predicted octanol–water partition coefficient (Wildman–Crippen LogP) is 1.62. The van der Waals surface area contributed by atoms with E-state index < -0.39 is 15.9 Å². The molecule has 1 saturated carbocycles. The van der Waals surface area contributed by atoms with E-state index in [1.54, 1.807) is 0 Å². The summed E-state index contributed by atoms with van der Waals surface area (Å²) in [5.74, 6) is -0.242. The molecule has 1 aromatic rings. The van der Waals surface area contributed by atoms with Crippen LogP contribution in [0.5, 0.6) is 0 Å². The molecule has 0 heterocycles. The van der Waals surface area contributed by atoms with Crippen molar-refractivity contribution < 1.29 is 13.2 Å². The van der Waals surface area contributed by atoms with Crippen molar-refractivity contribution in [3.63, 3.8) is 0 Å². The number of sulfonamides is 1. The van der Waals surface area contributed by atoms with Crippen LogP contribution in [0.2, 0.25) is 0 Å². The molecule has 0 saturated heterocycles. The number of nitrogens with two attached hydrogens (primary N) is 1. The summed E-state index contributed by atoms with van der Waals surface area (Å²) in [4.78, 5) is 11.2. The average Bonchev–Trinajstić information content (AvgIpc) is 3.05. The van der Waals surface area contributed by atoms with Crippen molar-refractivity contribution in [3.05, 3.63) is 28.2 Å². The lowest BCUT2D eigenvalue weighted by Crippen LogP contribution is -2.27. The molecule has 1 aliphatic rings. The fourth-order valence-corrected chi connectivity index (χ4v) is 4.00. The van der Waals surface area contributed by atoms with Gasteiger partial charge in [0.15, 0.2) is 0 Å². The summed E-state index contributed by atoms with van der Waals surface area (Å²) in [6.45, 7) is 2.03. The zero-order valence-corrected chi connectivity index (χ0v) is 12.8. The quantitative estimate of drug-likeness (QED) is 0.848. The molecule has 0 unspecified atom stereocenters. The van der Waals surface area contributed by atoms with Crippen molar-refractivity contribution in [2.24, 2.45) is 11.7 Å². The first-order valence-electron chi connectivity index (χ1n) is 5.96. The molecular weight excluding hydrogens is 332 g/mol. The predicted molar refractivity (Wildman–Crippen MR) is 75.2 cm³/mol. The van der Waals surface area contributed by atoms with Crippen molar-refractivity contribution in [1.82, 2.24) is 4.72 Å². The lowest BCUT2D eigenvalue weighted by Gasteiger charge is -2.08. The Morgan fingerprint density at radius 1 is 1.47 bits per heavy atom. The number of carbonyl (C=O) groups is 1. The normalized spacial score (nSPS) is 22.2. The molecule has 3 N–H and O–H groups in total. The van der Waals surface area contributed by atoms with Crippen LogP contribution in [-0.4, -0.2) is 20.4 Å². The van der Waals surface area contributed by atoms with E-state index >= 15 is 0 Å². The Morgan fingerprint density at radius 3 is 2.68 bits per heavy atom. The van der Waals surface area contributed by atoms with E-state index in [4.69, 9.17) is 5.73 Å². The van der Waals surface area contributed by atoms with E-state index in [0.29, 0.717) is 10.4 Å². The van der Waals surface area contributed by atoms with Gasteiger partial charge in [0.2, 0.25) is 15.9 Å². The van der Waals surface area contributed by atoms with Gasteiger partial charge in [0, 0.05) is 16.1 Å². The number of rotatable bonds is 5. The smallest absolute Gasteiger partial charge is 0.248 e. The Kier molecular flexibility index (Phi) is 3.98. The van der Waals surface area contributed by atoms with Gasteiger partial charge in [-0.05, 0) is 30.5 Å². The zero-order valence-electron chi connectivity index (χ0n) is 10.4. The Labute approximate surface area is 120 Å². The fourth-order valence-electron chi connectivity index (χ4n) is 1.97. The number of amides is 1. The van der Waals surface area contributed by atoms with Gasteiger partial charge in [0.05, 0.1) is 4.90 Å². The Bertz CT molecular complexity index is 615. The molecule has 0 aliphatic heterocycles. The van der Waals surface area contributed by atoms with Gasteiger partial charge in [-0.15, -0.1) is 0 Å². The standard InChI is InChI=1S/C12H15BrN2O3S/c1-2-7-5-11(7)15-19(17,18)10-4-8(12(14)16)3-9(13)6-10/h3-4,6-7,11,15H,2,5H2,1H3,(H2,14,16)/t7-,11-/m1/s1. The maximum Gasteiger partial charge on any atom is 0.248 e. The molecule has 104 valence electrons.